The first-order valence-electron chi connectivity index (χ1n) is 4.32. The van der Waals surface area contributed by atoms with E-state index in [9.17, 15) is 0 Å². The molecule has 0 spiro atoms. The number of nitrogens with one attached hydrogen (secondary N) is 2. The molecule has 78 valence electrons. The van der Waals surface area contributed by atoms with Crippen molar-refractivity contribution in [3.8, 4) is 0 Å². The van der Waals surface area contributed by atoms with Crippen molar-refractivity contribution >= 4 is 23.8 Å². The SMILES string of the molecule is CNc1nnoc1C1=CCCNC1.Cl. The molecule has 0 bridgehead atoms. The molecule has 0 unspecified atom stereocenters. The van der Waals surface area contributed by atoms with Crippen molar-refractivity contribution in [2.75, 3.05) is 25.5 Å². The zero-order valence-corrected chi connectivity index (χ0v) is 8.73. The Bertz CT molecular complexity index is 323. The number of anilines is 1. The standard InChI is InChI=1S/C8H12N4O.ClH/c1-9-8-7(13-12-11-8)6-3-2-4-10-5-6;/h3,9-10H,2,4-5H2,1H3;1H. The fourth-order valence-corrected chi connectivity index (χ4v) is 1.38. The van der Waals surface area contributed by atoms with Gasteiger partial charge in [0, 0.05) is 24.4 Å². The van der Waals surface area contributed by atoms with Crippen LogP contribution in [0.3, 0.4) is 0 Å². The van der Waals surface area contributed by atoms with Crippen LogP contribution in [0.5, 0.6) is 0 Å². The van der Waals surface area contributed by atoms with Gasteiger partial charge in [0.1, 0.15) is 0 Å². The number of rotatable bonds is 2. The Morgan fingerprint density at radius 1 is 1.57 bits per heavy atom. The molecule has 2 rings (SSSR count). The maximum atomic E-state index is 5.06. The van der Waals surface area contributed by atoms with E-state index < -0.39 is 0 Å². The van der Waals surface area contributed by atoms with E-state index in [-0.39, 0.29) is 12.4 Å². The van der Waals surface area contributed by atoms with E-state index >= 15 is 0 Å². The third-order valence-electron chi connectivity index (χ3n) is 2.04. The molecule has 0 saturated carbocycles. The summed E-state index contributed by atoms with van der Waals surface area (Å²) in [5, 5.41) is 13.5. The van der Waals surface area contributed by atoms with E-state index in [1.54, 1.807) is 7.05 Å². The highest BCUT2D eigenvalue weighted by molar-refractivity contribution is 5.85. The van der Waals surface area contributed by atoms with Crippen LogP contribution >= 0.6 is 12.4 Å². The van der Waals surface area contributed by atoms with Gasteiger partial charge < -0.3 is 15.2 Å². The van der Waals surface area contributed by atoms with Crippen molar-refractivity contribution in [2.24, 2.45) is 0 Å². The van der Waals surface area contributed by atoms with Crippen LogP contribution in [0.15, 0.2) is 10.6 Å². The number of nitrogens with zero attached hydrogens (tertiary/aromatic N) is 2. The molecule has 2 heterocycles. The van der Waals surface area contributed by atoms with Gasteiger partial charge in [-0.25, -0.2) is 0 Å². The molecule has 1 aliphatic rings. The Morgan fingerprint density at radius 2 is 2.43 bits per heavy atom. The van der Waals surface area contributed by atoms with E-state index in [1.807, 2.05) is 0 Å². The first-order valence-corrected chi connectivity index (χ1v) is 4.32. The third-order valence-corrected chi connectivity index (χ3v) is 2.04. The molecule has 0 atom stereocenters. The normalized spacial score (nSPS) is 15.6. The van der Waals surface area contributed by atoms with Crippen LogP contribution in [0, 0.1) is 0 Å². The van der Waals surface area contributed by atoms with Crippen molar-refractivity contribution in [1.82, 2.24) is 15.7 Å². The molecule has 1 aromatic heterocycles. The molecule has 0 radical (unpaired) electrons. The zero-order chi connectivity index (χ0) is 9.10. The largest absolute Gasteiger partial charge is 0.368 e. The van der Waals surface area contributed by atoms with E-state index in [0.29, 0.717) is 5.82 Å². The van der Waals surface area contributed by atoms with Crippen LogP contribution in [0.2, 0.25) is 0 Å². The topological polar surface area (TPSA) is 63.0 Å². The van der Waals surface area contributed by atoms with Gasteiger partial charge in [-0.2, -0.15) is 0 Å². The molecule has 0 amide bonds. The Labute approximate surface area is 88.3 Å². The lowest BCUT2D eigenvalue weighted by atomic mass is 10.1. The first kappa shape index (κ1) is 11.0. The van der Waals surface area contributed by atoms with Crippen LogP contribution in [0.4, 0.5) is 5.82 Å². The highest BCUT2D eigenvalue weighted by Crippen LogP contribution is 2.22. The van der Waals surface area contributed by atoms with Crippen LogP contribution < -0.4 is 10.6 Å². The van der Waals surface area contributed by atoms with Gasteiger partial charge in [0.15, 0.2) is 5.82 Å². The molecule has 1 aromatic rings. The van der Waals surface area contributed by atoms with Crippen LogP contribution in [-0.4, -0.2) is 30.5 Å². The van der Waals surface area contributed by atoms with Gasteiger partial charge in [-0.1, -0.05) is 11.2 Å². The van der Waals surface area contributed by atoms with E-state index in [0.717, 1.165) is 30.8 Å². The lowest BCUT2D eigenvalue weighted by Crippen LogP contribution is -2.21. The van der Waals surface area contributed by atoms with Crippen molar-refractivity contribution in [1.29, 1.82) is 0 Å². The average molecular weight is 217 g/mol. The molecular weight excluding hydrogens is 204 g/mol. The maximum Gasteiger partial charge on any atom is 0.208 e. The molecule has 2 N–H and O–H groups in total. The number of hydrogen-bond acceptors (Lipinski definition) is 5. The molecule has 0 aromatic carbocycles. The van der Waals surface area contributed by atoms with Crippen molar-refractivity contribution in [2.45, 2.75) is 6.42 Å². The highest BCUT2D eigenvalue weighted by Gasteiger charge is 2.15. The summed E-state index contributed by atoms with van der Waals surface area (Å²) < 4.78 is 5.06. The van der Waals surface area contributed by atoms with Crippen LogP contribution in [-0.2, 0) is 0 Å². The van der Waals surface area contributed by atoms with Gasteiger partial charge in [-0.05, 0) is 13.0 Å². The Hall–Kier alpha value is -1.07. The summed E-state index contributed by atoms with van der Waals surface area (Å²) in [6.07, 6.45) is 3.18. The lowest BCUT2D eigenvalue weighted by Gasteiger charge is -2.11. The molecule has 6 heteroatoms. The molecule has 1 aliphatic heterocycles. The second kappa shape index (κ2) is 4.97. The van der Waals surface area contributed by atoms with E-state index in [4.69, 9.17) is 4.52 Å². The van der Waals surface area contributed by atoms with Crippen molar-refractivity contribution < 1.29 is 4.52 Å². The van der Waals surface area contributed by atoms with Crippen LogP contribution in [0.25, 0.3) is 5.57 Å². The van der Waals surface area contributed by atoms with Gasteiger partial charge in [0.2, 0.25) is 5.76 Å². The molecular formula is C8H13ClN4O. The average Bonchev–Trinajstić information content (AvgIpc) is 2.67. The minimum absolute atomic E-state index is 0. The quantitative estimate of drug-likeness (QED) is 0.770. The Morgan fingerprint density at radius 3 is 3.07 bits per heavy atom. The van der Waals surface area contributed by atoms with Gasteiger partial charge in [-0.3, -0.25) is 0 Å². The van der Waals surface area contributed by atoms with Gasteiger partial charge in [0.25, 0.3) is 0 Å². The smallest absolute Gasteiger partial charge is 0.208 e. The van der Waals surface area contributed by atoms with Crippen molar-refractivity contribution in [3.05, 3.63) is 11.8 Å². The minimum Gasteiger partial charge on any atom is -0.368 e. The van der Waals surface area contributed by atoms with E-state index in [1.165, 1.54) is 0 Å². The van der Waals surface area contributed by atoms with Gasteiger partial charge in [-0.15, -0.1) is 12.4 Å². The summed E-state index contributed by atoms with van der Waals surface area (Å²) >= 11 is 0. The van der Waals surface area contributed by atoms with Crippen molar-refractivity contribution in [3.63, 3.8) is 0 Å². The first-order chi connectivity index (χ1) is 6.42. The van der Waals surface area contributed by atoms with E-state index in [2.05, 4.69) is 27.1 Å². The molecule has 0 fully saturated rings. The molecule has 5 nitrogen and oxygen atoms in total. The second-order valence-electron chi connectivity index (χ2n) is 2.90. The number of hydrogen-bond donors (Lipinski definition) is 2. The summed E-state index contributed by atoms with van der Waals surface area (Å²) in [5.41, 5.74) is 1.13. The highest BCUT2D eigenvalue weighted by atomic mass is 35.5. The molecule has 14 heavy (non-hydrogen) atoms. The van der Waals surface area contributed by atoms with Gasteiger partial charge in [0.05, 0.1) is 0 Å². The minimum atomic E-state index is 0. The monoisotopic (exact) mass is 216 g/mol. The zero-order valence-electron chi connectivity index (χ0n) is 7.91. The fraction of sp³-hybridized carbons (Fsp3) is 0.500. The summed E-state index contributed by atoms with van der Waals surface area (Å²) in [6, 6.07) is 0. The van der Waals surface area contributed by atoms with Gasteiger partial charge >= 0.3 is 0 Å². The summed E-state index contributed by atoms with van der Waals surface area (Å²) in [4.78, 5) is 0. The Balaban J connectivity index is 0.000000980. The predicted octanol–water partition coefficient (Wildman–Crippen LogP) is 0.910. The lowest BCUT2D eigenvalue weighted by molar-refractivity contribution is 0.383. The molecule has 0 aliphatic carbocycles. The fourth-order valence-electron chi connectivity index (χ4n) is 1.38. The number of halogens is 1. The summed E-state index contributed by atoms with van der Waals surface area (Å²) in [6.45, 7) is 1.85. The second-order valence-corrected chi connectivity index (χ2v) is 2.90. The van der Waals surface area contributed by atoms with Crippen LogP contribution in [0.1, 0.15) is 12.2 Å². The Kier molecular flexibility index (Phi) is 3.91. The third kappa shape index (κ3) is 2.05. The predicted molar refractivity (Wildman–Crippen MR) is 56.6 cm³/mol. The number of aromatic nitrogens is 2. The summed E-state index contributed by atoms with van der Waals surface area (Å²) in [5.74, 6) is 1.45. The molecule has 0 saturated heterocycles. The summed E-state index contributed by atoms with van der Waals surface area (Å²) in [7, 11) is 1.81. The maximum absolute atomic E-state index is 5.06.